The van der Waals surface area contributed by atoms with Gasteiger partial charge in [0.1, 0.15) is 5.75 Å². The summed E-state index contributed by atoms with van der Waals surface area (Å²) in [5.41, 5.74) is 0. The van der Waals surface area contributed by atoms with Gasteiger partial charge in [-0.2, -0.15) is 0 Å². The largest absolute Gasteiger partial charge is 0.492 e. The van der Waals surface area contributed by atoms with Crippen LogP contribution in [0, 0.1) is 0 Å². The molecule has 0 radical (unpaired) electrons. The molecule has 1 aliphatic heterocycles. The number of rotatable bonds is 7. The van der Waals surface area contributed by atoms with Crippen molar-refractivity contribution in [2.24, 2.45) is 0 Å². The van der Waals surface area contributed by atoms with Crippen LogP contribution in [-0.2, 0) is 14.8 Å². The summed E-state index contributed by atoms with van der Waals surface area (Å²) in [6.45, 7) is 6.38. The van der Waals surface area contributed by atoms with Crippen LogP contribution in [0.5, 0.6) is 5.75 Å². The Bertz CT molecular complexity index is 589. The summed E-state index contributed by atoms with van der Waals surface area (Å²) in [6.07, 6.45) is 0. The number of sulfonamides is 1. The molecule has 2 rings (SSSR count). The Morgan fingerprint density at radius 3 is 2.73 bits per heavy atom. The first-order valence-electron chi connectivity index (χ1n) is 7.25. The standard InChI is InChI=1S/C14H21ClN2O4S/c1-2-21-14-4-3-12(11-13(14)15)22(18,19)16-5-6-17-7-9-20-10-8-17/h3-4,11,16H,2,5-10H2,1H3. The van der Waals surface area contributed by atoms with Gasteiger partial charge < -0.3 is 9.47 Å². The molecule has 0 aliphatic carbocycles. The summed E-state index contributed by atoms with van der Waals surface area (Å²) < 4.78 is 37.6. The molecular weight excluding hydrogens is 328 g/mol. The highest BCUT2D eigenvalue weighted by Crippen LogP contribution is 2.27. The zero-order valence-corrected chi connectivity index (χ0v) is 14.1. The first-order chi connectivity index (χ1) is 10.5. The second kappa shape index (κ2) is 8.12. The van der Waals surface area contributed by atoms with E-state index in [0.717, 1.165) is 13.1 Å². The molecule has 0 spiro atoms. The van der Waals surface area contributed by atoms with E-state index < -0.39 is 10.0 Å². The number of morpholine rings is 1. The Morgan fingerprint density at radius 1 is 1.36 bits per heavy atom. The highest BCUT2D eigenvalue weighted by atomic mass is 35.5. The average molecular weight is 349 g/mol. The molecule has 1 aromatic carbocycles. The number of ether oxygens (including phenoxy) is 2. The number of hydrogen-bond acceptors (Lipinski definition) is 5. The van der Waals surface area contributed by atoms with Gasteiger partial charge in [-0.15, -0.1) is 0 Å². The molecule has 1 N–H and O–H groups in total. The van der Waals surface area contributed by atoms with Gasteiger partial charge in [0.05, 0.1) is 29.7 Å². The van der Waals surface area contributed by atoms with E-state index >= 15 is 0 Å². The number of nitrogens with one attached hydrogen (secondary N) is 1. The van der Waals surface area contributed by atoms with Gasteiger partial charge in [0, 0.05) is 26.2 Å². The highest BCUT2D eigenvalue weighted by molar-refractivity contribution is 7.89. The smallest absolute Gasteiger partial charge is 0.240 e. The Morgan fingerprint density at radius 2 is 2.09 bits per heavy atom. The van der Waals surface area contributed by atoms with Gasteiger partial charge in [0.15, 0.2) is 0 Å². The maximum absolute atomic E-state index is 12.2. The minimum Gasteiger partial charge on any atom is -0.492 e. The third-order valence-corrected chi connectivity index (χ3v) is 5.09. The molecule has 22 heavy (non-hydrogen) atoms. The maximum Gasteiger partial charge on any atom is 0.240 e. The van der Waals surface area contributed by atoms with Crippen LogP contribution in [0.3, 0.4) is 0 Å². The first kappa shape index (κ1) is 17.5. The molecule has 1 fully saturated rings. The summed E-state index contributed by atoms with van der Waals surface area (Å²) in [7, 11) is -3.56. The molecular formula is C14H21ClN2O4S. The Labute approximate surface area is 136 Å². The van der Waals surface area contributed by atoms with Crippen molar-refractivity contribution in [3.8, 4) is 5.75 Å². The Kier molecular flexibility index (Phi) is 6.46. The summed E-state index contributed by atoms with van der Waals surface area (Å²) >= 11 is 6.03. The molecule has 0 saturated carbocycles. The molecule has 0 bridgehead atoms. The number of hydrogen-bond donors (Lipinski definition) is 1. The zero-order chi connectivity index (χ0) is 16.0. The molecule has 124 valence electrons. The maximum atomic E-state index is 12.2. The van der Waals surface area contributed by atoms with Gasteiger partial charge in [-0.05, 0) is 25.1 Å². The number of halogens is 1. The van der Waals surface area contributed by atoms with Gasteiger partial charge in [-0.25, -0.2) is 13.1 Å². The van der Waals surface area contributed by atoms with E-state index in [1.165, 1.54) is 12.1 Å². The van der Waals surface area contributed by atoms with Crippen molar-refractivity contribution in [1.82, 2.24) is 9.62 Å². The number of benzene rings is 1. The van der Waals surface area contributed by atoms with Crippen molar-refractivity contribution in [2.75, 3.05) is 46.0 Å². The van der Waals surface area contributed by atoms with Crippen LogP contribution in [-0.4, -0.2) is 59.3 Å². The van der Waals surface area contributed by atoms with E-state index in [1.54, 1.807) is 6.07 Å². The second-order valence-corrected chi connectivity index (χ2v) is 7.05. The predicted octanol–water partition coefficient (Wildman–Crippen LogP) is 1.35. The molecule has 0 unspecified atom stereocenters. The van der Waals surface area contributed by atoms with Gasteiger partial charge >= 0.3 is 0 Å². The van der Waals surface area contributed by atoms with Gasteiger partial charge in [0.25, 0.3) is 0 Å². The fourth-order valence-electron chi connectivity index (χ4n) is 2.17. The lowest BCUT2D eigenvalue weighted by atomic mass is 10.3. The zero-order valence-electron chi connectivity index (χ0n) is 12.5. The highest BCUT2D eigenvalue weighted by Gasteiger charge is 2.17. The van der Waals surface area contributed by atoms with Crippen molar-refractivity contribution in [3.63, 3.8) is 0 Å². The SMILES string of the molecule is CCOc1ccc(S(=O)(=O)NCCN2CCOCC2)cc1Cl. The molecule has 6 nitrogen and oxygen atoms in total. The van der Waals surface area contributed by atoms with Crippen LogP contribution in [0.15, 0.2) is 23.1 Å². The minimum atomic E-state index is -3.56. The third-order valence-electron chi connectivity index (χ3n) is 3.34. The van der Waals surface area contributed by atoms with E-state index in [2.05, 4.69) is 9.62 Å². The summed E-state index contributed by atoms with van der Waals surface area (Å²) in [4.78, 5) is 2.31. The topological polar surface area (TPSA) is 67.9 Å². The fourth-order valence-corrected chi connectivity index (χ4v) is 3.51. The van der Waals surface area contributed by atoms with E-state index in [1.807, 2.05) is 6.92 Å². The van der Waals surface area contributed by atoms with Crippen LogP contribution in [0.1, 0.15) is 6.92 Å². The van der Waals surface area contributed by atoms with Crippen molar-refractivity contribution in [1.29, 1.82) is 0 Å². The summed E-state index contributed by atoms with van der Waals surface area (Å²) in [6, 6.07) is 4.47. The van der Waals surface area contributed by atoms with Crippen molar-refractivity contribution in [2.45, 2.75) is 11.8 Å². The lowest BCUT2D eigenvalue weighted by Gasteiger charge is -2.26. The van der Waals surface area contributed by atoms with Crippen molar-refractivity contribution >= 4 is 21.6 Å². The lowest BCUT2D eigenvalue weighted by molar-refractivity contribution is 0.0390. The van der Waals surface area contributed by atoms with Gasteiger partial charge in [-0.1, -0.05) is 11.6 Å². The van der Waals surface area contributed by atoms with E-state index in [-0.39, 0.29) is 9.92 Å². The van der Waals surface area contributed by atoms with Gasteiger partial charge in [0.2, 0.25) is 10.0 Å². The van der Waals surface area contributed by atoms with Crippen molar-refractivity contribution < 1.29 is 17.9 Å². The monoisotopic (exact) mass is 348 g/mol. The molecule has 1 saturated heterocycles. The molecule has 0 atom stereocenters. The minimum absolute atomic E-state index is 0.142. The second-order valence-electron chi connectivity index (χ2n) is 4.88. The quantitative estimate of drug-likeness (QED) is 0.805. The molecule has 1 aromatic rings. The van der Waals surface area contributed by atoms with Crippen LogP contribution >= 0.6 is 11.6 Å². The average Bonchev–Trinajstić information content (AvgIpc) is 2.50. The van der Waals surface area contributed by atoms with Crippen LogP contribution in [0.25, 0.3) is 0 Å². The van der Waals surface area contributed by atoms with E-state index in [4.69, 9.17) is 21.1 Å². The lowest BCUT2D eigenvalue weighted by Crippen LogP contribution is -2.41. The molecule has 0 amide bonds. The summed E-state index contributed by atoms with van der Waals surface area (Å²) in [5, 5.41) is 0.290. The van der Waals surface area contributed by atoms with Crippen LogP contribution in [0.4, 0.5) is 0 Å². The van der Waals surface area contributed by atoms with Crippen LogP contribution < -0.4 is 9.46 Å². The Hall–Kier alpha value is -0.860. The first-order valence-corrected chi connectivity index (χ1v) is 9.11. The number of nitrogens with zero attached hydrogens (tertiary/aromatic N) is 1. The molecule has 1 heterocycles. The molecule has 8 heteroatoms. The molecule has 0 aromatic heterocycles. The predicted molar refractivity (Wildman–Crippen MR) is 85.1 cm³/mol. The third kappa shape index (κ3) is 4.82. The van der Waals surface area contributed by atoms with Crippen LogP contribution in [0.2, 0.25) is 5.02 Å². The van der Waals surface area contributed by atoms with Crippen molar-refractivity contribution in [3.05, 3.63) is 23.2 Å². The summed E-state index contributed by atoms with van der Waals surface area (Å²) in [5.74, 6) is 0.483. The molecule has 1 aliphatic rings. The Balaban J connectivity index is 1.93. The fraction of sp³-hybridized carbons (Fsp3) is 0.571. The normalized spacial score (nSPS) is 16.6. The van der Waals surface area contributed by atoms with Gasteiger partial charge in [-0.3, -0.25) is 4.90 Å². The van der Waals surface area contributed by atoms with E-state index in [0.29, 0.717) is 38.7 Å². The van der Waals surface area contributed by atoms with E-state index in [9.17, 15) is 8.42 Å².